The molecule has 20 heavy (non-hydrogen) atoms. The maximum absolute atomic E-state index is 10.8. The molecule has 0 heterocycles. The fourth-order valence-corrected chi connectivity index (χ4v) is 2.27. The van der Waals surface area contributed by atoms with E-state index in [-0.39, 0.29) is 5.69 Å². The van der Waals surface area contributed by atoms with E-state index in [2.05, 4.69) is 15.5 Å². The van der Waals surface area contributed by atoms with Crippen LogP contribution in [0.1, 0.15) is 37.7 Å². The summed E-state index contributed by atoms with van der Waals surface area (Å²) in [5.74, 6) is 0. The highest BCUT2D eigenvalue weighted by molar-refractivity contribution is 5.85. The van der Waals surface area contributed by atoms with Gasteiger partial charge in [0.1, 0.15) is 6.34 Å². The van der Waals surface area contributed by atoms with Gasteiger partial charge < -0.3 is 0 Å². The van der Waals surface area contributed by atoms with Gasteiger partial charge >= 0.3 is 0 Å². The molecule has 1 aromatic rings. The summed E-state index contributed by atoms with van der Waals surface area (Å²) in [4.78, 5) is 14.8. The quantitative estimate of drug-likeness (QED) is 0.388. The van der Waals surface area contributed by atoms with Gasteiger partial charge in [0, 0.05) is 6.07 Å². The van der Waals surface area contributed by atoms with Gasteiger partial charge in [0.25, 0.3) is 5.69 Å². The third-order valence-electron chi connectivity index (χ3n) is 3.33. The van der Waals surface area contributed by atoms with E-state index in [0.717, 1.165) is 12.8 Å². The second kappa shape index (κ2) is 7.37. The standard InChI is InChI=1S/C14H18N4O2/c19-18(20)14-9-5-4-6-12(14)10-16-17-11-15-13-7-2-1-3-8-13/h4-6,9-11,13H,1-3,7-8H2,(H,15,17)/b16-10+. The molecule has 2 rings (SSSR count). The number of hydrazone groups is 1. The molecule has 0 atom stereocenters. The molecule has 106 valence electrons. The minimum atomic E-state index is -0.419. The van der Waals surface area contributed by atoms with Crippen LogP contribution in [0.3, 0.4) is 0 Å². The van der Waals surface area contributed by atoms with Crippen molar-refractivity contribution < 1.29 is 4.92 Å². The van der Waals surface area contributed by atoms with Crippen LogP contribution in [0.2, 0.25) is 0 Å². The molecule has 0 spiro atoms. The van der Waals surface area contributed by atoms with E-state index in [9.17, 15) is 10.1 Å². The molecule has 1 aliphatic carbocycles. The van der Waals surface area contributed by atoms with Crippen molar-refractivity contribution in [3.8, 4) is 0 Å². The Bertz CT molecular complexity index is 508. The van der Waals surface area contributed by atoms with Gasteiger partial charge in [-0.2, -0.15) is 5.10 Å². The smallest absolute Gasteiger partial charge is 0.271 e. The molecule has 1 saturated carbocycles. The topological polar surface area (TPSA) is 79.9 Å². The van der Waals surface area contributed by atoms with Gasteiger partial charge in [-0.1, -0.05) is 31.4 Å². The summed E-state index contributed by atoms with van der Waals surface area (Å²) < 4.78 is 0. The minimum absolute atomic E-state index is 0.0438. The lowest BCUT2D eigenvalue weighted by atomic mass is 9.96. The lowest BCUT2D eigenvalue weighted by molar-refractivity contribution is -0.385. The number of nitro groups is 1. The van der Waals surface area contributed by atoms with Crippen LogP contribution in [-0.2, 0) is 0 Å². The van der Waals surface area contributed by atoms with Gasteiger partial charge in [-0.25, -0.2) is 0 Å². The van der Waals surface area contributed by atoms with E-state index in [4.69, 9.17) is 0 Å². The molecule has 6 heteroatoms. The average molecular weight is 274 g/mol. The molecular weight excluding hydrogens is 256 g/mol. The van der Waals surface area contributed by atoms with Crippen LogP contribution < -0.4 is 5.43 Å². The molecule has 0 unspecified atom stereocenters. The van der Waals surface area contributed by atoms with Crippen LogP contribution in [0.15, 0.2) is 34.4 Å². The molecular formula is C14H18N4O2. The fourth-order valence-electron chi connectivity index (χ4n) is 2.27. The van der Waals surface area contributed by atoms with E-state index in [1.165, 1.54) is 31.5 Å². The summed E-state index contributed by atoms with van der Waals surface area (Å²) in [6.07, 6.45) is 9.04. The molecule has 1 fully saturated rings. The molecule has 0 amide bonds. The largest absolute Gasteiger partial charge is 0.278 e. The lowest BCUT2D eigenvalue weighted by Gasteiger charge is -2.16. The molecule has 0 radical (unpaired) electrons. The first-order valence-corrected chi connectivity index (χ1v) is 6.81. The monoisotopic (exact) mass is 274 g/mol. The van der Waals surface area contributed by atoms with Crippen LogP contribution in [0, 0.1) is 10.1 Å². The lowest BCUT2D eigenvalue weighted by Crippen LogP contribution is -2.12. The molecule has 0 bridgehead atoms. The van der Waals surface area contributed by atoms with E-state index >= 15 is 0 Å². The Kier molecular flexibility index (Phi) is 5.23. The molecule has 0 saturated heterocycles. The van der Waals surface area contributed by atoms with Crippen LogP contribution >= 0.6 is 0 Å². The zero-order valence-corrected chi connectivity index (χ0v) is 11.2. The molecule has 1 N–H and O–H groups in total. The first kappa shape index (κ1) is 14.2. The van der Waals surface area contributed by atoms with E-state index < -0.39 is 4.92 Å². The first-order valence-electron chi connectivity index (χ1n) is 6.81. The third-order valence-corrected chi connectivity index (χ3v) is 3.33. The maximum Gasteiger partial charge on any atom is 0.278 e. The second-order valence-corrected chi connectivity index (χ2v) is 4.77. The highest BCUT2D eigenvalue weighted by atomic mass is 16.6. The Hall–Kier alpha value is -2.24. The van der Waals surface area contributed by atoms with Crippen molar-refractivity contribution in [1.82, 2.24) is 5.43 Å². The SMILES string of the molecule is O=[N+]([O-])c1ccccc1/C=N/NC=NC1CCCCC1. The predicted octanol–water partition coefficient (Wildman–Crippen LogP) is 2.88. The van der Waals surface area contributed by atoms with Crippen molar-refractivity contribution >= 4 is 18.2 Å². The summed E-state index contributed by atoms with van der Waals surface area (Å²) in [5.41, 5.74) is 3.21. The fraction of sp³-hybridized carbons (Fsp3) is 0.429. The Labute approximate surface area is 117 Å². The average Bonchev–Trinajstić information content (AvgIpc) is 2.48. The van der Waals surface area contributed by atoms with Gasteiger partial charge in [0.05, 0.1) is 22.7 Å². The normalized spacial score (nSPS) is 16.8. The number of hydrogen-bond acceptors (Lipinski definition) is 4. The first-order chi connectivity index (χ1) is 9.77. The molecule has 1 aromatic carbocycles. The minimum Gasteiger partial charge on any atom is -0.271 e. The van der Waals surface area contributed by atoms with Crippen molar-refractivity contribution in [2.24, 2.45) is 10.1 Å². The van der Waals surface area contributed by atoms with Crippen LogP contribution in [0.5, 0.6) is 0 Å². The zero-order valence-electron chi connectivity index (χ0n) is 11.2. The number of aliphatic imine (C=N–C) groups is 1. The number of rotatable bonds is 5. The van der Waals surface area contributed by atoms with Gasteiger partial charge in [-0.3, -0.25) is 20.5 Å². The van der Waals surface area contributed by atoms with Crippen molar-refractivity contribution in [2.75, 3.05) is 0 Å². The number of para-hydroxylation sites is 1. The van der Waals surface area contributed by atoms with Crippen LogP contribution in [-0.4, -0.2) is 23.5 Å². The zero-order chi connectivity index (χ0) is 14.2. The number of nitrogens with zero attached hydrogens (tertiary/aromatic N) is 3. The van der Waals surface area contributed by atoms with Crippen LogP contribution in [0.4, 0.5) is 5.69 Å². The highest BCUT2D eigenvalue weighted by Gasteiger charge is 2.11. The number of nitro benzene ring substituents is 1. The van der Waals surface area contributed by atoms with Crippen LogP contribution in [0.25, 0.3) is 0 Å². The molecule has 6 nitrogen and oxygen atoms in total. The van der Waals surface area contributed by atoms with E-state index in [1.54, 1.807) is 24.5 Å². The van der Waals surface area contributed by atoms with Crippen molar-refractivity contribution in [3.05, 3.63) is 39.9 Å². The van der Waals surface area contributed by atoms with Gasteiger partial charge in [0.15, 0.2) is 0 Å². The van der Waals surface area contributed by atoms with E-state index in [1.807, 2.05) is 0 Å². The summed E-state index contributed by atoms with van der Waals surface area (Å²) in [5, 5.41) is 14.8. The second-order valence-electron chi connectivity index (χ2n) is 4.77. The molecule has 0 aliphatic heterocycles. The van der Waals surface area contributed by atoms with Gasteiger partial charge in [-0.05, 0) is 18.9 Å². The Morgan fingerprint density at radius 1 is 1.25 bits per heavy atom. The summed E-state index contributed by atoms with van der Waals surface area (Å²) in [6.45, 7) is 0. The molecule has 0 aromatic heterocycles. The van der Waals surface area contributed by atoms with Crippen molar-refractivity contribution in [2.45, 2.75) is 38.1 Å². The summed E-state index contributed by atoms with van der Waals surface area (Å²) in [7, 11) is 0. The third kappa shape index (κ3) is 4.15. The number of nitrogens with one attached hydrogen (secondary N) is 1. The molecule has 1 aliphatic rings. The highest BCUT2D eigenvalue weighted by Crippen LogP contribution is 2.19. The maximum atomic E-state index is 10.8. The Balaban J connectivity index is 1.87. The predicted molar refractivity (Wildman–Crippen MR) is 79.2 cm³/mol. The van der Waals surface area contributed by atoms with E-state index in [0.29, 0.717) is 11.6 Å². The number of benzene rings is 1. The Morgan fingerprint density at radius 2 is 2.00 bits per heavy atom. The van der Waals surface area contributed by atoms with Crippen molar-refractivity contribution in [1.29, 1.82) is 0 Å². The van der Waals surface area contributed by atoms with Gasteiger partial charge in [-0.15, -0.1) is 0 Å². The Morgan fingerprint density at radius 3 is 2.75 bits per heavy atom. The van der Waals surface area contributed by atoms with Gasteiger partial charge in [0.2, 0.25) is 0 Å². The summed E-state index contributed by atoms with van der Waals surface area (Å²) >= 11 is 0. The summed E-state index contributed by atoms with van der Waals surface area (Å²) in [6, 6.07) is 6.87. The van der Waals surface area contributed by atoms with Crippen molar-refractivity contribution in [3.63, 3.8) is 0 Å². The number of hydrogen-bond donors (Lipinski definition) is 1.